The minimum absolute atomic E-state index is 0.327. The third-order valence-electron chi connectivity index (χ3n) is 2.88. The number of allylic oxidation sites excluding steroid dienone is 2. The Hall–Kier alpha value is -2.30. The third kappa shape index (κ3) is 5.72. The molecule has 0 aliphatic carbocycles. The topological polar surface area (TPSA) is 24.7 Å². The fourth-order valence-corrected chi connectivity index (χ4v) is 2.05. The fourth-order valence-electron chi connectivity index (χ4n) is 1.69. The Bertz CT molecular complexity index is 723. The van der Waals surface area contributed by atoms with Gasteiger partial charge in [0.15, 0.2) is 0 Å². The van der Waals surface area contributed by atoms with E-state index in [1.54, 1.807) is 24.3 Å². The van der Waals surface area contributed by atoms with Gasteiger partial charge in [-0.3, -0.25) is 0 Å². The van der Waals surface area contributed by atoms with Crippen LogP contribution in [0.25, 0.3) is 10.1 Å². The van der Waals surface area contributed by atoms with E-state index in [2.05, 4.69) is 10.2 Å². The van der Waals surface area contributed by atoms with E-state index in [9.17, 15) is 8.78 Å². The molecule has 0 radical (unpaired) electrons. The number of benzene rings is 2. The van der Waals surface area contributed by atoms with Crippen LogP contribution in [0.2, 0.25) is 0 Å². The average molecular weight is 365 g/mol. The maximum Gasteiger partial charge on any atom is 0.123 e. The summed E-state index contributed by atoms with van der Waals surface area (Å²) in [6.07, 6.45) is 5.89. The van der Waals surface area contributed by atoms with Crippen molar-refractivity contribution in [3.05, 3.63) is 83.4 Å². The second-order valence-electron chi connectivity index (χ2n) is 4.57. The molecule has 0 spiro atoms. The molecular formula is C18H12Cl2F2N2. The van der Waals surface area contributed by atoms with Crippen molar-refractivity contribution in [2.75, 3.05) is 0 Å². The van der Waals surface area contributed by atoms with Gasteiger partial charge in [-0.25, -0.2) is 8.78 Å². The minimum atomic E-state index is -0.327. The van der Waals surface area contributed by atoms with E-state index >= 15 is 0 Å². The van der Waals surface area contributed by atoms with Gasteiger partial charge in [0, 0.05) is 10.1 Å². The van der Waals surface area contributed by atoms with Crippen LogP contribution in [0.3, 0.4) is 0 Å². The SMILES string of the molecule is Fc1ccc(/C(Cl)=C/C=N/N=C/C=C(\Cl)c2ccc(F)cc2)cc1. The summed E-state index contributed by atoms with van der Waals surface area (Å²) in [5.41, 5.74) is 1.35. The molecular weight excluding hydrogens is 353 g/mol. The average Bonchev–Trinajstić information content (AvgIpc) is 2.58. The zero-order valence-electron chi connectivity index (χ0n) is 12.3. The predicted octanol–water partition coefficient (Wildman–Crippen LogP) is 5.88. The molecule has 2 aromatic carbocycles. The Morgan fingerprint density at radius 3 is 1.33 bits per heavy atom. The Labute approximate surface area is 148 Å². The highest BCUT2D eigenvalue weighted by molar-refractivity contribution is 6.50. The molecule has 0 saturated heterocycles. The molecule has 0 aliphatic heterocycles. The number of halogens is 4. The van der Waals surface area contributed by atoms with E-state index in [0.29, 0.717) is 21.2 Å². The van der Waals surface area contributed by atoms with Crippen molar-refractivity contribution < 1.29 is 8.78 Å². The van der Waals surface area contributed by atoms with Crippen LogP contribution in [0.1, 0.15) is 11.1 Å². The van der Waals surface area contributed by atoms with Gasteiger partial charge >= 0.3 is 0 Å². The van der Waals surface area contributed by atoms with Crippen LogP contribution in [0.5, 0.6) is 0 Å². The highest BCUT2D eigenvalue weighted by atomic mass is 35.5. The van der Waals surface area contributed by atoms with Gasteiger partial charge in [-0.2, -0.15) is 10.2 Å². The summed E-state index contributed by atoms with van der Waals surface area (Å²) in [4.78, 5) is 0. The Balaban J connectivity index is 1.94. The Morgan fingerprint density at radius 2 is 1.00 bits per heavy atom. The summed E-state index contributed by atoms with van der Waals surface area (Å²) in [6, 6.07) is 11.6. The van der Waals surface area contributed by atoms with Crippen LogP contribution in [0.4, 0.5) is 8.78 Å². The number of rotatable bonds is 5. The molecule has 6 heteroatoms. The van der Waals surface area contributed by atoms with E-state index in [1.165, 1.54) is 48.8 Å². The third-order valence-corrected chi connectivity index (χ3v) is 3.57. The molecule has 0 fully saturated rings. The van der Waals surface area contributed by atoms with Crippen LogP contribution in [0.15, 0.2) is 70.9 Å². The Kier molecular flexibility index (Phi) is 6.85. The van der Waals surface area contributed by atoms with Crippen LogP contribution in [-0.4, -0.2) is 12.4 Å². The van der Waals surface area contributed by atoms with Crippen molar-refractivity contribution in [3.63, 3.8) is 0 Å². The number of nitrogens with zero attached hydrogens (tertiary/aromatic N) is 2. The molecule has 2 nitrogen and oxygen atoms in total. The van der Waals surface area contributed by atoms with Crippen LogP contribution in [0, 0.1) is 11.6 Å². The molecule has 0 heterocycles. The standard InChI is InChI=1S/C18H12Cl2F2N2/c19-17(13-1-5-15(21)6-2-13)9-11-23-24-12-10-18(20)14-3-7-16(22)8-4-14/h1-12H/b17-9-,18-10-,23-11+,24-12+. The zero-order valence-corrected chi connectivity index (χ0v) is 13.8. The first-order valence-corrected chi connectivity index (χ1v) is 7.62. The molecule has 2 rings (SSSR count). The molecule has 122 valence electrons. The molecule has 0 aromatic heterocycles. The largest absolute Gasteiger partial charge is 0.207 e. The fraction of sp³-hybridized carbons (Fsp3) is 0. The van der Waals surface area contributed by atoms with E-state index in [1.807, 2.05) is 0 Å². The van der Waals surface area contributed by atoms with E-state index in [0.717, 1.165) is 0 Å². The molecule has 0 unspecified atom stereocenters. The van der Waals surface area contributed by atoms with Gasteiger partial charge in [0.05, 0.1) is 12.4 Å². The summed E-state index contributed by atoms with van der Waals surface area (Å²) in [5, 5.41) is 8.38. The summed E-state index contributed by atoms with van der Waals surface area (Å²) < 4.78 is 25.6. The van der Waals surface area contributed by atoms with Crippen molar-refractivity contribution in [2.45, 2.75) is 0 Å². The second-order valence-corrected chi connectivity index (χ2v) is 5.39. The monoisotopic (exact) mass is 364 g/mol. The predicted molar refractivity (Wildman–Crippen MR) is 97.4 cm³/mol. The lowest BCUT2D eigenvalue weighted by Gasteiger charge is -1.97. The lowest BCUT2D eigenvalue weighted by atomic mass is 10.2. The molecule has 0 bridgehead atoms. The summed E-state index contributed by atoms with van der Waals surface area (Å²) in [6.45, 7) is 0. The first-order chi connectivity index (χ1) is 11.6. The first-order valence-electron chi connectivity index (χ1n) is 6.86. The van der Waals surface area contributed by atoms with Crippen molar-refractivity contribution in [1.82, 2.24) is 0 Å². The maximum atomic E-state index is 12.8. The summed E-state index contributed by atoms with van der Waals surface area (Å²) >= 11 is 12.1. The minimum Gasteiger partial charge on any atom is -0.207 e. The van der Waals surface area contributed by atoms with Crippen molar-refractivity contribution in [3.8, 4) is 0 Å². The van der Waals surface area contributed by atoms with Crippen LogP contribution >= 0.6 is 23.2 Å². The van der Waals surface area contributed by atoms with Gasteiger partial charge in [0.25, 0.3) is 0 Å². The van der Waals surface area contributed by atoms with E-state index in [4.69, 9.17) is 23.2 Å². The van der Waals surface area contributed by atoms with Crippen molar-refractivity contribution >= 4 is 45.7 Å². The highest BCUT2D eigenvalue weighted by Crippen LogP contribution is 2.19. The smallest absolute Gasteiger partial charge is 0.123 e. The van der Waals surface area contributed by atoms with Crippen LogP contribution < -0.4 is 0 Å². The molecule has 0 N–H and O–H groups in total. The molecule has 0 saturated carbocycles. The Morgan fingerprint density at radius 1 is 0.667 bits per heavy atom. The van der Waals surface area contributed by atoms with Gasteiger partial charge in [-0.1, -0.05) is 47.5 Å². The van der Waals surface area contributed by atoms with Gasteiger partial charge in [-0.15, -0.1) is 0 Å². The van der Waals surface area contributed by atoms with Crippen LogP contribution in [-0.2, 0) is 0 Å². The van der Waals surface area contributed by atoms with E-state index < -0.39 is 0 Å². The van der Waals surface area contributed by atoms with Gasteiger partial charge < -0.3 is 0 Å². The molecule has 0 aliphatic rings. The molecule has 0 amide bonds. The molecule has 0 atom stereocenters. The quantitative estimate of drug-likeness (QED) is 0.467. The maximum absolute atomic E-state index is 12.8. The van der Waals surface area contributed by atoms with Gasteiger partial charge in [0.1, 0.15) is 11.6 Å². The summed E-state index contributed by atoms with van der Waals surface area (Å²) in [5.74, 6) is -0.655. The first kappa shape index (κ1) is 18.0. The molecule has 2 aromatic rings. The van der Waals surface area contributed by atoms with E-state index in [-0.39, 0.29) is 11.6 Å². The highest BCUT2D eigenvalue weighted by Gasteiger charge is 1.97. The second kappa shape index (κ2) is 9.11. The summed E-state index contributed by atoms with van der Waals surface area (Å²) in [7, 11) is 0. The van der Waals surface area contributed by atoms with Crippen molar-refractivity contribution in [1.29, 1.82) is 0 Å². The van der Waals surface area contributed by atoms with Gasteiger partial charge in [-0.05, 0) is 47.5 Å². The van der Waals surface area contributed by atoms with Crippen molar-refractivity contribution in [2.24, 2.45) is 10.2 Å². The number of hydrogen-bond acceptors (Lipinski definition) is 2. The molecule has 24 heavy (non-hydrogen) atoms. The zero-order chi connectivity index (χ0) is 17.4. The normalized spacial score (nSPS) is 13.2. The lowest BCUT2D eigenvalue weighted by Crippen LogP contribution is -1.80. The number of hydrogen-bond donors (Lipinski definition) is 0. The lowest BCUT2D eigenvalue weighted by molar-refractivity contribution is 0.627. The van der Waals surface area contributed by atoms with Gasteiger partial charge in [0.2, 0.25) is 0 Å².